The van der Waals surface area contributed by atoms with Gasteiger partial charge in [0.15, 0.2) is 6.29 Å². The highest BCUT2D eigenvalue weighted by Gasteiger charge is 2.26. The molecule has 0 unspecified atom stereocenters. The first-order valence-electron chi connectivity index (χ1n) is 12.2. The van der Waals surface area contributed by atoms with E-state index in [4.69, 9.17) is 14.2 Å². The molecule has 0 fully saturated rings. The fraction of sp³-hybridized carbons (Fsp3) is 0.200. The van der Waals surface area contributed by atoms with Crippen LogP contribution in [0.3, 0.4) is 0 Å². The van der Waals surface area contributed by atoms with Crippen molar-refractivity contribution in [2.75, 3.05) is 14.2 Å². The minimum Gasteiger partial charge on any atom is -0.507 e. The molecule has 0 aliphatic heterocycles. The van der Waals surface area contributed by atoms with E-state index in [0.717, 1.165) is 16.5 Å². The summed E-state index contributed by atoms with van der Waals surface area (Å²) in [7, 11) is 2.91. The number of aromatic nitrogens is 1. The van der Waals surface area contributed by atoms with Crippen LogP contribution in [-0.2, 0) is 0 Å². The maximum Gasteiger partial charge on any atom is 0.347 e. The molecule has 3 aromatic carbocycles. The number of esters is 1. The van der Waals surface area contributed by atoms with E-state index in [1.807, 2.05) is 25.1 Å². The maximum atomic E-state index is 12.6. The lowest BCUT2D eigenvalue weighted by Gasteiger charge is -2.16. The molecule has 4 aromatic rings. The molecule has 11 nitrogen and oxygen atoms in total. The fourth-order valence-electron chi connectivity index (χ4n) is 4.31. The van der Waals surface area contributed by atoms with Crippen LogP contribution >= 0.6 is 0 Å². The second kappa shape index (κ2) is 12.2. The predicted octanol–water partition coefficient (Wildman–Crippen LogP) is 4.61. The third-order valence-electron chi connectivity index (χ3n) is 6.43. The first kappa shape index (κ1) is 30.2. The molecule has 1 aromatic heterocycles. The molecule has 0 bridgehead atoms. The van der Waals surface area contributed by atoms with Gasteiger partial charge in [0, 0.05) is 17.0 Å². The second-order valence-corrected chi connectivity index (χ2v) is 9.09. The zero-order chi connectivity index (χ0) is 30.6. The number of aldehydes is 1. The zero-order valence-electron chi connectivity index (χ0n) is 23.2. The van der Waals surface area contributed by atoms with E-state index in [0.29, 0.717) is 17.6 Å². The van der Waals surface area contributed by atoms with Crippen LogP contribution in [0.1, 0.15) is 53.3 Å². The van der Waals surface area contributed by atoms with Crippen LogP contribution in [0.25, 0.3) is 10.9 Å². The molecule has 4 rings (SSSR count). The summed E-state index contributed by atoms with van der Waals surface area (Å²) in [6, 6.07) is 10.00. The van der Waals surface area contributed by atoms with Crippen molar-refractivity contribution in [3.8, 4) is 28.7 Å². The lowest BCUT2D eigenvalue weighted by Crippen LogP contribution is -2.14. The molecule has 214 valence electrons. The molecule has 0 radical (unpaired) electrons. The molecule has 41 heavy (non-hydrogen) atoms. The van der Waals surface area contributed by atoms with Crippen LogP contribution in [0, 0.1) is 27.7 Å². The normalized spacial score (nSPS) is 10.4. The van der Waals surface area contributed by atoms with E-state index < -0.39 is 23.4 Å². The minimum atomic E-state index is -1.38. The quantitative estimate of drug-likeness (QED) is 0.147. The Bertz CT molecular complexity index is 1740. The highest BCUT2D eigenvalue weighted by atomic mass is 16.5. The first-order valence-corrected chi connectivity index (χ1v) is 12.2. The molecule has 0 amide bonds. The number of phenolic OH excluding ortho intramolecular Hbond substituents is 1. The van der Waals surface area contributed by atoms with E-state index >= 15 is 0 Å². The third-order valence-corrected chi connectivity index (χ3v) is 6.43. The van der Waals surface area contributed by atoms with E-state index in [-0.39, 0.29) is 44.9 Å². The SMILES string of the molecule is COc1cc(C)c(C(=O)Oc2cc(C)c(O)c(C(=O)O)c2C)c(O)c1C=O.COc1cccc2c(C)cc(=O)[nH]c12. The maximum absolute atomic E-state index is 12.6. The van der Waals surface area contributed by atoms with Crippen molar-refractivity contribution < 1.29 is 43.9 Å². The number of hydrogen-bond donors (Lipinski definition) is 4. The number of aromatic hydroxyl groups is 2. The number of carbonyl (C=O) groups is 3. The molecule has 0 aliphatic carbocycles. The van der Waals surface area contributed by atoms with Crippen molar-refractivity contribution in [1.29, 1.82) is 0 Å². The van der Waals surface area contributed by atoms with E-state index in [1.165, 1.54) is 40.0 Å². The average molecular weight is 564 g/mol. The number of carbonyl (C=O) groups excluding carboxylic acids is 2. The number of benzene rings is 3. The molecule has 0 spiro atoms. The van der Waals surface area contributed by atoms with E-state index in [9.17, 15) is 34.5 Å². The van der Waals surface area contributed by atoms with E-state index in [2.05, 4.69) is 4.98 Å². The van der Waals surface area contributed by atoms with Gasteiger partial charge in [-0.05, 0) is 62.6 Å². The van der Waals surface area contributed by atoms with E-state index in [1.54, 1.807) is 13.2 Å². The van der Waals surface area contributed by atoms with Gasteiger partial charge in [0.1, 0.15) is 39.9 Å². The fourth-order valence-corrected chi connectivity index (χ4v) is 4.31. The van der Waals surface area contributed by atoms with Crippen LogP contribution in [-0.4, -0.2) is 52.7 Å². The lowest BCUT2D eigenvalue weighted by atomic mass is 10.0. The van der Waals surface area contributed by atoms with Crippen LogP contribution in [0.15, 0.2) is 41.2 Å². The predicted molar refractivity (Wildman–Crippen MR) is 150 cm³/mol. The second-order valence-electron chi connectivity index (χ2n) is 9.09. The summed E-state index contributed by atoms with van der Waals surface area (Å²) in [5.41, 5.74) is 1.32. The summed E-state index contributed by atoms with van der Waals surface area (Å²) >= 11 is 0. The van der Waals surface area contributed by atoms with Crippen molar-refractivity contribution in [3.63, 3.8) is 0 Å². The smallest absolute Gasteiger partial charge is 0.347 e. The summed E-state index contributed by atoms with van der Waals surface area (Å²) in [4.78, 5) is 49.2. The van der Waals surface area contributed by atoms with Gasteiger partial charge >= 0.3 is 11.9 Å². The van der Waals surface area contributed by atoms with Crippen molar-refractivity contribution in [3.05, 3.63) is 85.7 Å². The molecule has 4 N–H and O–H groups in total. The summed E-state index contributed by atoms with van der Waals surface area (Å²) in [5.74, 6) is -2.68. The number of ether oxygens (including phenoxy) is 3. The molecular formula is C30H29NO10. The zero-order valence-corrected chi connectivity index (χ0v) is 23.2. The van der Waals surface area contributed by atoms with Gasteiger partial charge in [0.05, 0.1) is 25.3 Å². The Labute approximate surface area is 234 Å². The lowest BCUT2D eigenvalue weighted by molar-refractivity contribution is 0.0681. The Morgan fingerprint density at radius 2 is 1.46 bits per heavy atom. The molecule has 0 saturated heterocycles. The molecule has 0 atom stereocenters. The average Bonchev–Trinajstić information content (AvgIpc) is 2.91. The van der Waals surface area contributed by atoms with Crippen molar-refractivity contribution in [1.82, 2.24) is 4.98 Å². The number of nitrogens with one attached hydrogen (secondary N) is 1. The van der Waals surface area contributed by atoms with Gasteiger partial charge in [-0.1, -0.05) is 12.1 Å². The number of aromatic amines is 1. The van der Waals surface area contributed by atoms with Crippen molar-refractivity contribution in [2.45, 2.75) is 27.7 Å². The topological polar surface area (TPSA) is 172 Å². The van der Waals surface area contributed by atoms with Gasteiger partial charge in [-0.3, -0.25) is 9.59 Å². The largest absolute Gasteiger partial charge is 0.507 e. The number of hydrogen-bond acceptors (Lipinski definition) is 9. The summed E-state index contributed by atoms with van der Waals surface area (Å²) in [6.45, 7) is 6.27. The number of phenols is 2. The van der Waals surface area contributed by atoms with Crippen LogP contribution in [0.4, 0.5) is 0 Å². The Morgan fingerprint density at radius 3 is 2.05 bits per heavy atom. The summed E-state index contributed by atoms with van der Waals surface area (Å²) in [5, 5.41) is 30.5. The van der Waals surface area contributed by atoms with Crippen molar-refractivity contribution >= 4 is 29.1 Å². The molecule has 1 heterocycles. The van der Waals surface area contributed by atoms with Crippen molar-refractivity contribution in [2.24, 2.45) is 0 Å². The summed E-state index contributed by atoms with van der Waals surface area (Å²) in [6.07, 6.45) is 0.350. The van der Waals surface area contributed by atoms with Gasteiger partial charge < -0.3 is 34.5 Å². The number of pyridine rings is 1. The molecule has 0 saturated carbocycles. The number of aryl methyl sites for hydroxylation is 3. The van der Waals surface area contributed by atoms with Gasteiger partial charge in [0.2, 0.25) is 5.56 Å². The number of carboxylic acid groups (broad SMARTS) is 1. The van der Waals surface area contributed by atoms with Crippen LogP contribution < -0.4 is 19.8 Å². The Hall–Kier alpha value is -5.32. The standard InChI is InChI=1S/C19H18O8.C11H11NO2/c1-8-5-13(26-4)11(7-20)17(22)14(8)19(25)27-12-6-9(2)16(21)15(10(12)3)18(23)24;1-7-6-10(13)12-11-8(7)4-3-5-9(11)14-2/h5-7,21-22H,1-4H3,(H,23,24);3-6H,1-2H3,(H,12,13). The number of carboxylic acids is 1. The number of rotatable bonds is 6. The monoisotopic (exact) mass is 563 g/mol. The first-order chi connectivity index (χ1) is 19.4. The highest BCUT2D eigenvalue weighted by molar-refractivity contribution is 6.01. The number of methoxy groups -OCH3 is 2. The Balaban J connectivity index is 0.000000275. The minimum absolute atomic E-state index is 0.0419. The van der Waals surface area contributed by atoms with Crippen LogP contribution in [0.2, 0.25) is 0 Å². The number of para-hydroxylation sites is 1. The van der Waals surface area contributed by atoms with Crippen LogP contribution in [0.5, 0.6) is 28.7 Å². The molecular weight excluding hydrogens is 534 g/mol. The highest BCUT2D eigenvalue weighted by Crippen LogP contribution is 2.36. The third kappa shape index (κ3) is 5.98. The van der Waals surface area contributed by atoms with Gasteiger partial charge in [0.25, 0.3) is 0 Å². The molecule has 0 aliphatic rings. The van der Waals surface area contributed by atoms with Gasteiger partial charge in [-0.25, -0.2) is 9.59 Å². The van der Waals surface area contributed by atoms with Gasteiger partial charge in [-0.15, -0.1) is 0 Å². The molecule has 11 heteroatoms. The Morgan fingerprint density at radius 1 is 0.829 bits per heavy atom. The number of fused-ring (bicyclic) bond motifs is 1. The summed E-state index contributed by atoms with van der Waals surface area (Å²) < 4.78 is 15.4. The number of H-pyrrole nitrogens is 1. The number of aromatic carboxylic acids is 1. The Kier molecular flexibility index (Phi) is 9.03. The van der Waals surface area contributed by atoms with Gasteiger partial charge in [-0.2, -0.15) is 0 Å².